The second kappa shape index (κ2) is 5.12. The fourth-order valence-corrected chi connectivity index (χ4v) is 2.41. The minimum absolute atomic E-state index is 0.283. The number of carbonyl (C=O) groups is 2. The molecule has 1 aliphatic rings. The van der Waals surface area contributed by atoms with E-state index in [0.717, 1.165) is 17.7 Å². The molecule has 1 amide bonds. The lowest BCUT2D eigenvalue weighted by Crippen LogP contribution is -2.24. The number of carbonyl (C=O) groups excluding carboxylic acids is 2. The van der Waals surface area contributed by atoms with Gasteiger partial charge in [0.25, 0.3) is 5.78 Å². The van der Waals surface area contributed by atoms with Crippen LogP contribution in [0.5, 0.6) is 5.75 Å². The number of alkyl halides is 3. The number of aryl methyl sites for hydroxylation is 1. The van der Waals surface area contributed by atoms with E-state index >= 15 is 0 Å². The lowest BCUT2D eigenvalue weighted by molar-refractivity contribution is -0.274. The largest absolute Gasteiger partial charge is 0.573 e. The number of Topliss-reactive ketones (excluding diaryl/α,β-unsaturated/α-hetero) is 1. The average molecular weight is 321 g/mol. The van der Waals surface area contributed by atoms with Crippen molar-refractivity contribution in [1.29, 1.82) is 0 Å². The van der Waals surface area contributed by atoms with Crippen LogP contribution < -0.4 is 9.64 Å². The van der Waals surface area contributed by atoms with Gasteiger partial charge in [0.1, 0.15) is 5.75 Å². The molecule has 0 aliphatic carbocycles. The molecule has 0 atom stereocenters. The van der Waals surface area contributed by atoms with Crippen molar-refractivity contribution in [3.05, 3.63) is 53.6 Å². The van der Waals surface area contributed by atoms with E-state index in [4.69, 9.17) is 0 Å². The van der Waals surface area contributed by atoms with Crippen molar-refractivity contribution in [3.8, 4) is 5.75 Å². The first-order chi connectivity index (χ1) is 10.8. The molecule has 0 N–H and O–H groups in total. The highest BCUT2D eigenvalue weighted by atomic mass is 19.4. The zero-order valence-corrected chi connectivity index (χ0v) is 11.8. The maximum Gasteiger partial charge on any atom is 0.573 e. The summed E-state index contributed by atoms with van der Waals surface area (Å²) in [7, 11) is 0. The van der Waals surface area contributed by atoms with Crippen LogP contribution in [-0.2, 0) is 4.79 Å². The first-order valence-electron chi connectivity index (χ1n) is 6.61. The second-order valence-corrected chi connectivity index (χ2v) is 5.03. The Morgan fingerprint density at radius 1 is 1.00 bits per heavy atom. The second-order valence-electron chi connectivity index (χ2n) is 5.03. The van der Waals surface area contributed by atoms with E-state index in [1.54, 1.807) is 25.1 Å². The number of ether oxygens (including phenoxy) is 1. The van der Waals surface area contributed by atoms with Crippen LogP contribution >= 0.6 is 0 Å². The molecule has 0 fully saturated rings. The van der Waals surface area contributed by atoms with Gasteiger partial charge in [0.2, 0.25) is 0 Å². The van der Waals surface area contributed by atoms with E-state index in [1.807, 2.05) is 0 Å². The Morgan fingerprint density at radius 2 is 1.65 bits per heavy atom. The normalized spacial score (nSPS) is 14.2. The summed E-state index contributed by atoms with van der Waals surface area (Å²) in [6, 6.07) is 9.76. The van der Waals surface area contributed by atoms with Gasteiger partial charge in [0, 0.05) is 5.69 Å². The molecular weight excluding hydrogens is 311 g/mol. The summed E-state index contributed by atoms with van der Waals surface area (Å²) >= 11 is 0. The van der Waals surface area contributed by atoms with E-state index < -0.39 is 23.8 Å². The number of halogens is 3. The highest BCUT2D eigenvalue weighted by molar-refractivity contribution is 6.53. The third-order valence-corrected chi connectivity index (χ3v) is 3.36. The fraction of sp³-hybridized carbons (Fsp3) is 0.125. The first-order valence-corrected chi connectivity index (χ1v) is 6.61. The Kier molecular flexibility index (Phi) is 3.35. The molecule has 1 aliphatic heterocycles. The zero-order valence-electron chi connectivity index (χ0n) is 11.8. The molecule has 0 saturated heterocycles. The lowest BCUT2D eigenvalue weighted by atomic mass is 10.1. The highest BCUT2D eigenvalue weighted by Gasteiger charge is 2.37. The fourth-order valence-electron chi connectivity index (χ4n) is 2.41. The summed E-state index contributed by atoms with van der Waals surface area (Å²) in [4.78, 5) is 25.4. The molecule has 118 valence electrons. The van der Waals surface area contributed by atoms with E-state index in [2.05, 4.69) is 4.74 Å². The van der Waals surface area contributed by atoms with Gasteiger partial charge in [-0.2, -0.15) is 0 Å². The smallest absolute Gasteiger partial charge is 0.406 e. The molecule has 3 rings (SSSR count). The summed E-state index contributed by atoms with van der Waals surface area (Å²) in [5.41, 5.74) is 1.82. The molecule has 4 nitrogen and oxygen atoms in total. The van der Waals surface area contributed by atoms with Crippen LogP contribution in [0.1, 0.15) is 15.9 Å². The molecule has 2 aromatic carbocycles. The summed E-state index contributed by atoms with van der Waals surface area (Å²) < 4.78 is 40.3. The van der Waals surface area contributed by atoms with Gasteiger partial charge in [0.05, 0.1) is 11.3 Å². The summed E-state index contributed by atoms with van der Waals surface area (Å²) in [5.74, 6) is -1.78. The van der Waals surface area contributed by atoms with E-state index in [9.17, 15) is 22.8 Å². The van der Waals surface area contributed by atoms with Crippen molar-refractivity contribution in [2.24, 2.45) is 0 Å². The van der Waals surface area contributed by atoms with Gasteiger partial charge in [-0.05, 0) is 43.3 Å². The van der Waals surface area contributed by atoms with Gasteiger partial charge in [-0.3, -0.25) is 14.5 Å². The Labute approximate surface area is 129 Å². The van der Waals surface area contributed by atoms with Crippen LogP contribution in [0.25, 0.3) is 0 Å². The summed E-state index contributed by atoms with van der Waals surface area (Å²) in [6.07, 6.45) is -4.79. The summed E-state index contributed by atoms with van der Waals surface area (Å²) in [5, 5.41) is 0. The molecule has 2 aromatic rings. The van der Waals surface area contributed by atoms with Crippen molar-refractivity contribution >= 4 is 23.1 Å². The Hall–Kier alpha value is -2.83. The van der Waals surface area contributed by atoms with Gasteiger partial charge in [-0.15, -0.1) is 13.2 Å². The van der Waals surface area contributed by atoms with Gasteiger partial charge < -0.3 is 4.74 Å². The number of ketones is 1. The van der Waals surface area contributed by atoms with Crippen LogP contribution in [-0.4, -0.2) is 18.1 Å². The molecule has 7 heteroatoms. The van der Waals surface area contributed by atoms with E-state index in [-0.39, 0.29) is 5.56 Å². The number of rotatable bonds is 2. The zero-order chi connectivity index (χ0) is 16.8. The van der Waals surface area contributed by atoms with Gasteiger partial charge >= 0.3 is 12.3 Å². The Bertz CT molecular complexity index is 797. The lowest BCUT2D eigenvalue weighted by Gasteiger charge is -2.17. The molecule has 0 radical (unpaired) electrons. The molecule has 0 bridgehead atoms. The van der Waals surface area contributed by atoms with Gasteiger partial charge in [0.15, 0.2) is 0 Å². The molecule has 1 heterocycles. The molecule has 23 heavy (non-hydrogen) atoms. The van der Waals surface area contributed by atoms with Crippen molar-refractivity contribution in [3.63, 3.8) is 0 Å². The minimum Gasteiger partial charge on any atom is -0.406 e. The quantitative estimate of drug-likeness (QED) is 0.791. The van der Waals surface area contributed by atoms with Crippen molar-refractivity contribution < 1.29 is 27.5 Å². The van der Waals surface area contributed by atoms with Gasteiger partial charge in [-0.1, -0.05) is 11.6 Å². The molecule has 0 aromatic heterocycles. The Balaban J connectivity index is 1.97. The number of amides is 1. The van der Waals surface area contributed by atoms with Crippen LogP contribution in [0, 0.1) is 6.92 Å². The molecule has 0 unspecified atom stereocenters. The number of hydrogen-bond acceptors (Lipinski definition) is 3. The standard InChI is InChI=1S/C16H10F3NO3/c1-9-2-7-13-12(8-9)14(21)15(22)20(13)10-3-5-11(6-4-10)23-16(17,18)19/h2-8H,1H3. The van der Waals surface area contributed by atoms with Gasteiger partial charge in [-0.25, -0.2) is 0 Å². The van der Waals surface area contributed by atoms with E-state index in [1.165, 1.54) is 17.0 Å². The number of fused-ring (bicyclic) bond motifs is 1. The number of anilines is 2. The predicted octanol–water partition coefficient (Wildman–Crippen LogP) is 3.75. The topological polar surface area (TPSA) is 46.6 Å². The predicted molar refractivity (Wildman–Crippen MR) is 75.8 cm³/mol. The van der Waals surface area contributed by atoms with Crippen LogP contribution in [0.2, 0.25) is 0 Å². The van der Waals surface area contributed by atoms with Crippen molar-refractivity contribution in [1.82, 2.24) is 0 Å². The first kappa shape index (κ1) is 15.1. The molecular formula is C16H10F3NO3. The monoisotopic (exact) mass is 321 g/mol. The third kappa shape index (κ3) is 2.77. The maximum absolute atomic E-state index is 12.2. The van der Waals surface area contributed by atoms with Crippen LogP contribution in [0.3, 0.4) is 0 Å². The maximum atomic E-state index is 12.2. The number of benzene rings is 2. The SMILES string of the molecule is Cc1ccc2c(c1)C(=O)C(=O)N2c1ccc(OC(F)(F)F)cc1. The molecule has 0 spiro atoms. The average Bonchev–Trinajstić information content (AvgIpc) is 2.71. The van der Waals surface area contributed by atoms with Crippen LogP contribution in [0.4, 0.5) is 24.5 Å². The molecule has 0 saturated carbocycles. The number of nitrogens with zero attached hydrogens (tertiary/aromatic N) is 1. The summed E-state index contributed by atoms with van der Waals surface area (Å²) in [6.45, 7) is 1.80. The van der Waals surface area contributed by atoms with Crippen molar-refractivity contribution in [2.75, 3.05) is 4.90 Å². The Morgan fingerprint density at radius 3 is 2.26 bits per heavy atom. The van der Waals surface area contributed by atoms with Crippen LogP contribution in [0.15, 0.2) is 42.5 Å². The van der Waals surface area contributed by atoms with E-state index in [0.29, 0.717) is 11.4 Å². The minimum atomic E-state index is -4.79. The van der Waals surface area contributed by atoms with Crippen molar-refractivity contribution in [2.45, 2.75) is 13.3 Å². The highest BCUT2D eigenvalue weighted by Crippen LogP contribution is 2.36. The third-order valence-electron chi connectivity index (χ3n) is 3.36. The number of hydrogen-bond donors (Lipinski definition) is 0.